The zero-order valence-corrected chi connectivity index (χ0v) is 15.3. The van der Waals surface area contributed by atoms with Gasteiger partial charge in [0.2, 0.25) is 0 Å². The molecule has 0 saturated carbocycles. The molecule has 0 radical (unpaired) electrons. The van der Waals surface area contributed by atoms with Crippen molar-refractivity contribution in [3.8, 4) is 5.75 Å². The molecule has 0 aromatic heterocycles. The number of phosphoric ester groups is 1. The lowest BCUT2D eigenvalue weighted by Crippen LogP contribution is -2.15. The molecule has 136 valence electrons. The van der Waals surface area contributed by atoms with E-state index in [4.69, 9.17) is 19.3 Å². The van der Waals surface area contributed by atoms with Gasteiger partial charge in [-0.3, -0.25) is 4.52 Å². The Kier molecular flexibility index (Phi) is 7.90. The van der Waals surface area contributed by atoms with Gasteiger partial charge >= 0.3 is 13.8 Å². The van der Waals surface area contributed by atoms with Crippen molar-refractivity contribution in [1.29, 1.82) is 0 Å². The van der Waals surface area contributed by atoms with Gasteiger partial charge in [0.25, 0.3) is 0 Å². The molecule has 0 aliphatic heterocycles. The molecule has 0 saturated heterocycles. The molecule has 0 heterocycles. The van der Waals surface area contributed by atoms with Crippen molar-refractivity contribution >= 4 is 13.8 Å². The van der Waals surface area contributed by atoms with Crippen molar-refractivity contribution in [3.05, 3.63) is 28.8 Å². The molecule has 1 aromatic rings. The molecule has 0 fully saturated rings. The number of rotatable bonds is 9. The van der Waals surface area contributed by atoms with E-state index < -0.39 is 13.8 Å². The van der Waals surface area contributed by atoms with Gasteiger partial charge in [0, 0.05) is 0 Å². The zero-order chi connectivity index (χ0) is 18.3. The third-order valence-electron chi connectivity index (χ3n) is 3.50. The van der Waals surface area contributed by atoms with Crippen LogP contribution in [0.2, 0.25) is 0 Å². The predicted octanol–water partition coefficient (Wildman–Crippen LogP) is 3.00. The van der Waals surface area contributed by atoms with Crippen molar-refractivity contribution in [2.45, 2.75) is 46.1 Å². The summed E-state index contributed by atoms with van der Waals surface area (Å²) in [5, 5.41) is 0. The second kappa shape index (κ2) is 9.18. The van der Waals surface area contributed by atoms with Gasteiger partial charge in [-0.25, -0.2) is 9.36 Å². The lowest BCUT2D eigenvalue weighted by atomic mass is 10.0. The highest BCUT2D eigenvalue weighted by Gasteiger charge is 2.19. The smallest absolute Gasteiger partial charge is 0.469 e. The summed E-state index contributed by atoms with van der Waals surface area (Å²) in [7, 11) is -3.14. The van der Waals surface area contributed by atoms with Gasteiger partial charge < -0.3 is 19.3 Å². The Balaban J connectivity index is 2.94. The molecule has 1 aromatic carbocycles. The Morgan fingerprint density at radius 3 is 2.54 bits per heavy atom. The first-order chi connectivity index (χ1) is 11.2. The maximum absolute atomic E-state index is 12.0. The molecule has 1 unspecified atom stereocenters. The van der Waals surface area contributed by atoms with Crippen molar-refractivity contribution in [1.82, 2.24) is 0 Å². The van der Waals surface area contributed by atoms with Crippen LogP contribution in [0.4, 0.5) is 0 Å². The Labute approximate surface area is 142 Å². The number of carbonyl (C=O) groups excluding carboxylic acids is 1. The van der Waals surface area contributed by atoms with Gasteiger partial charge in [0.15, 0.2) is 0 Å². The first kappa shape index (κ1) is 20.6. The largest absolute Gasteiger partial charge is 0.490 e. The van der Waals surface area contributed by atoms with Crippen LogP contribution in [0.25, 0.3) is 0 Å². The molecule has 1 rings (SSSR count). The molecule has 7 nitrogen and oxygen atoms in total. The quantitative estimate of drug-likeness (QED) is 0.396. The van der Waals surface area contributed by atoms with E-state index in [2.05, 4.69) is 4.52 Å². The number of hydrogen-bond acceptors (Lipinski definition) is 5. The maximum atomic E-state index is 12.0. The lowest BCUT2D eigenvalue weighted by molar-refractivity contribution is 0.0593. The Bertz CT molecular complexity index is 609. The number of ether oxygens (including phenoxy) is 2. The molecule has 2 N–H and O–H groups in total. The third-order valence-corrected chi connectivity index (χ3v) is 4.02. The summed E-state index contributed by atoms with van der Waals surface area (Å²) in [4.78, 5) is 29.4. The number of hydrogen-bond donors (Lipinski definition) is 2. The summed E-state index contributed by atoms with van der Waals surface area (Å²) in [6.07, 6.45) is 1.70. The summed E-state index contributed by atoms with van der Waals surface area (Å²) in [6, 6.07) is 3.58. The number of benzene rings is 1. The van der Waals surface area contributed by atoms with Crippen LogP contribution in [0.5, 0.6) is 5.75 Å². The summed E-state index contributed by atoms with van der Waals surface area (Å²) in [5.41, 5.74) is 2.01. The predicted molar refractivity (Wildman–Crippen MR) is 89.2 cm³/mol. The topological polar surface area (TPSA) is 102 Å². The fraction of sp³-hybridized carbons (Fsp3) is 0.562. The number of aryl methyl sites for hydroxylation is 2. The second-order valence-corrected chi connectivity index (χ2v) is 6.78. The molecule has 0 aliphatic rings. The van der Waals surface area contributed by atoms with Crippen LogP contribution in [0.3, 0.4) is 0 Å². The van der Waals surface area contributed by atoms with E-state index in [-0.39, 0.29) is 12.7 Å². The fourth-order valence-electron chi connectivity index (χ4n) is 2.16. The molecule has 1 atom stereocenters. The number of phosphoric acid groups is 1. The average molecular weight is 360 g/mol. The van der Waals surface area contributed by atoms with Crippen molar-refractivity contribution in [2.75, 3.05) is 13.7 Å². The molecule has 0 spiro atoms. The van der Waals surface area contributed by atoms with Gasteiger partial charge in [-0.05, 0) is 50.3 Å². The summed E-state index contributed by atoms with van der Waals surface area (Å²) in [5.74, 6) is 0.0242. The second-order valence-electron chi connectivity index (χ2n) is 5.55. The minimum atomic E-state index is -4.45. The Morgan fingerprint density at radius 2 is 2.00 bits per heavy atom. The highest BCUT2D eigenvalue weighted by atomic mass is 31.2. The number of carbonyl (C=O) groups is 1. The fourth-order valence-corrected chi connectivity index (χ4v) is 2.52. The van der Waals surface area contributed by atoms with E-state index >= 15 is 0 Å². The van der Waals surface area contributed by atoms with Gasteiger partial charge in [-0.15, -0.1) is 0 Å². The monoisotopic (exact) mass is 360 g/mol. The summed E-state index contributed by atoms with van der Waals surface area (Å²) in [6.45, 7) is 5.70. The standard InChI is InChI=1S/C16H25O7P/c1-5-12(3)23-15-11(2)9-13(10-14(15)16(17)21-4)7-6-8-22-24(18,19)20/h9-10,12H,5-8H2,1-4H3,(H2,18,19,20). The molecule has 24 heavy (non-hydrogen) atoms. The number of methoxy groups -OCH3 is 1. The van der Waals surface area contributed by atoms with Crippen LogP contribution in [-0.4, -0.2) is 35.6 Å². The number of esters is 1. The van der Waals surface area contributed by atoms with Gasteiger partial charge in [-0.1, -0.05) is 13.0 Å². The van der Waals surface area contributed by atoms with Crippen LogP contribution in [-0.2, 0) is 20.2 Å². The third kappa shape index (κ3) is 6.61. The van der Waals surface area contributed by atoms with Gasteiger partial charge in [0.1, 0.15) is 11.3 Å². The van der Waals surface area contributed by atoms with Gasteiger partial charge in [0.05, 0.1) is 19.8 Å². The van der Waals surface area contributed by atoms with E-state index in [0.717, 1.165) is 17.5 Å². The molecule has 0 amide bonds. The van der Waals surface area contributed by atoms with E-state index in [1.165, 1.54) is 7.11 Å². The van der Waals surface area contributed by atoms with Crippen LogP contribution in [0.1, 0.15) is 48.2 Å². The maximum Gasteiger partial charge on any atom is 0.469 e. The minimum absolute atomic E-state index is 0.0328. The van der Waals surface area contributed by atoms with Crippen molar-refractivity contribution < 1.29 is 33.1 Å². The molecular weight excluding hydrogens is 335 g/mol. The first-order valence-electron chi connectivity index (χ1n) is 7.76. The van der Waals surface area contributed by atoms with Crippen molar-refractivity contribution in [3.63, 3.8) is 0 Å². The summed E-state index contributed by atoms with van der Waals surface area (Å²) >= 11 is 0. The van der Waals surface area contributed by atoms with Crippen LogP contribution in [0, 0.1) is 6.92 Å². The van der Waals surface area contributed by atoms with Crippen LogP contribution in [0.15, 0.2) is 12.1 Å². The van der Waals surface area contributed by atoms with Crippen molar-refractivity contribution in [2.24, 2.45) is 0 Å². The van der Waals surface area contributed by atoms with Gasteiger partial charge in [-0.2, -0.15) is 0 Å². The average Bonchev–Trinajstić information content (AvgIpc) is 2.51. The van der Waals surface area contributed by atoms with E-state index in [9.17, 15) is 9.36 Å². The molecule has 0 bridgehead atoms. The lowest BCUT2D eigenvalue weighted by Gasteiger charge is -2.19. The minimum Gasteiger partial charge on any atom is -0.490 e. The van der Waals surface area contributed by atoms with E-state index in [0.29, 0.717) is 24.2 Å². The zero-order valence-electron chi connectivity index (χ0n) is 14.4. The summed E-state index contributed by atoms with van der Waals surface area (Å²) < 4.78 is 25.7. The van der Waals surface area contributed by atoms with E-state index in [1.807, 2.05) is 26.8 Å². The molecular formula is C16H25O7P. The van der Waals surface area contributed by atoms with Crippen LogP contribution < -0.4 is 4.74 Å². The Hall–Kier alpha value is -1.40. The SMILES string of the molecule is CCC(C)Oc1c(C)cc(CCCOP(=O)(O)O)cc1C(=O)OC. The molecule has 8 heteroatoms. The highest BCUT2D eigenvalue weighted by molar-refractivity contribution is 7.46. The first-order valence-corrected chi connectivity index (χ1v) is 9.29. The molecule has 0 aliphatic carbocycles. The van der Waals surface area contributed by atoms with E-state index in [1.54, 1.807) is 6.07 Å². The normalized spacial score (nSPS) is 12.8. The van der Waals surface area contributed by atoms with Crippen LogP contribution >= 0.6 is 7.82 Å². The Morgan fingerprint density at radius 1 is 1.33 bits per heavy atom. The highest BCUT2D eigenvalue weighted by Crippen LogP contribution is 2.36.